The van der Waals surface area contributed by atoms with Crippen LogP contribution in [0.25, 0.3) is 11.0 Å². The Morgan fingerprint density at radius 1 is 1.24 bits per heavy atom. The van der Waals surface area contributed by atoms with Gasteiger partial charge in [-0.15, -0.1) is 0 Å². The molecule has 8 heteroatoms. The fourth-order valence-corrected chi connectivity index (χ4v) is 2.01. The van der Waals surface area contributed by atoms with Crippen LogP contribution in [0, 0.1) is 0 Å². The average Bonchev–Trinajstić information content (AvgIpc) is 2.95. The van der Waals surface area contributed by atoms with Crippen LogP contribution >= 0.6 is 12.2 Å². The maximum Gasteiger partial charge on any atom is 0.256 e. The van der Waals surface area contributed by atoms with Crippen molar-refractivity contribution >= 4 is 40.0 Å². The van der Waals surface area contributed by atoms with E-state index < -0.39 is 0 Å². The normalized spacial score (nSPS) is 10.5. The first-order valence-electron chi connectivity index (χ1n) is 6.00. The van der Waals surface area contributed by atoms with Crippen molar-refractivity contribution in [3.8, 4) is 0 Å². The van der Waals surface area contributed by atoms with Gasteiger partial charge in [0.2, 0.25) is 0 Å². The summed E-state index contributed by atoms with van der Waals surface area (Å²) < 4.78 is 0. The third-order valence-corrected chi connectivity index (χ3v) is 3.09. The Kier molecular flexibility index (Phi) is 3.28. The van der Waals surface area contributed by atoms with Crippen molar-refractivity contribution in [1.29, 1.82) is 0 Å². The minimum atomic E-state index is -0.315. The van der Waals surface area contributed by atoms with E-state index in [1.807, 2.05) is 0 Å². The summed E-state index contributed by atoms with van der Waals surface area (Å²) in [5.74, 6) is 0.0519. The number of carbonyl (C=O) groups is 1. The standard InChI is InChI=1S/C13H10N6OS/c14-11(21)8-6-17-19-12(8)18-13(20)7-1-2-9-10(5-7)16-4-3-15-9/h1-6H,(H2,14,21)(H2,17,18,19,20). The molecule has 0 fully saturated rings. The van der Waals surface area contributed by atoms with Crippen LogP contribution in [0.1, 0.15) is 15.9 Å². The average molecular weight is 298 g/mol. The quantitative estimate of drug-likeness (QED) is 0.628. The lowest BCUT2D eigenvalue weighted by molar-refractivity contribution is 0.102. The van der Waals surface area contributed by atoms with Crippen molar-refractivity contribution in [3.63, 3.8) is 0 Å². The molecule has 0 aliphatic carbocycles. The number of aromatic nitrogens is 4. The van der Waals surface area contributed by atoms with Crippen LogP contribution in [0.4, 0.5) is 5.82 Å². The van der Waals surface area contributed by atoms with Crippen molar-refractivity contribution in [2.75, 3.05) is 5.32 Å². The predicted octanol–water partition coefficient (Wildman–Crippen LogP) is 1.24. The molecule has 1 amide bonds. The highest BCUT2D eigenvalue weighted by Crippen LogP contribution is 2.15. The maximum atomic E-state index is 12.2. The number of nitrogens with two attached hydrogens (primary N) is 1. The summed E-state index contributed by atoms with van der Waals surface area (Å²) in [5.41, 5.74) is 7.85. The van der Waals surface area contributed by atoms with E-state index in [-0.39, 0.29) is 10.9 Å². The van der Waals surface area contributed by atoms with E-state index in [4.69, 9.17) is 18.0 Å². The molecule has 7 nitrogen and oxygen atoms in total. The van der Waals surface area contributed by atoms with Crippen LogP contribution in [0.15, 0.2) is 36.8 Å². The van der Waals surface area contributed by atoms with Gasteiger partial charge in [0.25, 0.3) is 5.91 Å². The van der Waals surface area contributed by atoms with Crippen LogP contribution in [0.3, 0.4) is 0 Å². The molecule has 104 valence electrons. The molecule has 0 spiro atoms. The number of aromatic amines is 1. The number of hydrogen-bond donors (Lipinski definition) is 3. The van der Waals surface area contributed by atoms with Crippen molar-refractivity contribution in [2.24, 2.45) is 5.73 Å². The van der Waals surface area contributed by atoms with Gasteiger partial charge in [-0.3, -0.25) is 19.9 Å². The molecule has 0 aliphatic rings. The van der Waals surface area contributed by atoms with E-state index in [0.29, 0.717) is 22.5 Å². The molecule has 0 unspecified atom stereocenters. The Labute approximate surface area is 124 Å². The SMILES string of the molecule is NC(=S)c1cn[nH]c1NC(=O)c1ccc2nccnc2c1. The number of anilines is 1. The van der Waals surface area contributed by atoms with Crippen molar-refractivity contribution in [2.45, 2.75) is 0 Å². The topological polar surface area (TPSA) is 110 Å². The summed E-state index contributed by atoms with van der Waals surface area (Å²) in [5, 5.41) is 9.14. The summed E-state index contributed by atoms with van der Waals surface area (Å²) >= 11 is 4.88. The third-order valence-electron chi connectivity index (χ3n) is 2.87. The van der Waals surface area contributed by atoms with E-state index >= 15 is 0 Å². The lowest BCUT2D eigenvalue weighted by atomic mass is 10.2. The molecule has 0 bridgehead atoms. The van der Waals surface area contributed by atoms with Crippen LogP contribution in [-0.2, 0) is 0 Å². The number of benzene rings is 1. The fraction of sp³-hybridized carbons (Fsp3) is 0. The van der Waals surface area contributed by atoms with Gasteiger partial charge in [0, 0.05) is 18.0 Å². The second-order valence-electron chi connectivity index (χ2n) is 4.24. The highest BCUT2D eigenvalue weighted by atomic mass is 32.1. The van der Waals surface area contributed by atoms with E-state index in [1.54, 1.807) is 30.6 Å². The van der Waals surface area contributed by atoms with Crippen molar-refractivity contribution in [3.05, 3.63) is 47.9 Å². The summed E-state index contributed by atoms with van der Waals surface area (Å²) in [6.07, 6.45) is 4.63. The molecular weight excluding hydrogens is 288 g/mol. The number of carbonyl (C=O) groups excluding carboxylic acids is 1. The Morgan fingerprint density at radius 2 is 2.00 bits per heavy atom. The minimum Gasteiger partial charge on any atom is -0.389 e. The number of nitrogens with one attached hydrogen (secondary N) is 2. The number of hydrogen-bond acceptors (Lipinski definition) is 5. The highest BCUT2D eigenvalue weighted by Gasteiger charge is 2.13. The fourth-order valence-electron chi connectivity index (χ4n) is 1.86. The molecule has 4 N–H and O–H groups in total. The van der Waals surface area contributed by atoms with Gasteiger partial charge in [0.05, 0.1) is 22.8 Å². The maximum absolute atomic E-state index is 12.2. The Balaban J connectivity index is 1.90. The molecule has 0 aliphatic heterocycles. The first-order valence-corrected chi connectivity index (χ1v) is 6.41. The number of rotatable bonds is 3. The van der Waals surface area contributed by atoms with E-state index in [9.17, 15) is 4.79 Å². The highest BCUT2D eigenvalue weighted by molar-refractivity contribution is 7.80. The van der Waals surface area contributed by atoms with Gasteiger partial charge in [-0.2, -0.15) is 5.10 Å². The Morgan fingerprint density at radius 3 is 2.76 bits per heavy atom. The van der Waals surface area contributed by atoms with E-state index in [1.165, 1.54) is 6.20 Å². The van der Waals surface area contributed by atoms with Gasteiger partial charge >= 0.3 is 0 Å². The molecule has 0 saturated carbocycles. The molecule has 0 radical (unpaired) electrons. The van der Waals surface area contributed by atoms with Crippen LogP contribution in [0.5, 0.6) is 0 Å². The molecule has 1 aromatic carbocycles. The summed E-state index contributed by atoms with van der Waals surface area (Å²) in [7, 11) is 0. The summed E-state index contributed by atoms with van der Waals surface area (Å²) in [6.45, 7) is 0. The lowest BCUT2D eigenvalue weighted by Crippen LogP contribution is -2.17. The first kappa shape index (κ1) is 13.1. The molecule has 0 atom stereocenters. The van der Waals surface area contributed by atoms with Crippen LogP contribution < -0.4 is 11.1 Å². The molecular formula is C13H10N6OS. The van der Waals surface area contributed by atoms with Gasteiger partial charge in [0.15, 0.2) is 0 Å². The third kappa shape index (κ3) is 2.56. The van der Waals surface area contributed by atoms with Gasteiger partial charge in [0.1, 0.15) is 10.8 Å². The van der Waals surface area contributed by atoms with Crippen molar-refractivity contribution < 1.29 is 4.79 Å². The molecule has 0 saturated heterocycles. The van der Waals surface area contributed by atoms with Crippen molar-refractivity contribution in [1.82, 2.24) is 20.2 Å². The monoisotopic (exact) mass is 298 g/mol. The van der Waals surface area contributed by atoms with E-state index in [0.717, 1.165) is 5.52 Å². The minimum absolute atomic E-state index is 0.156. The zero-order chi connectivity index (χ0) is 14.8. The van der Waals surface area contributed by atoms with E-state index in [2.05, 4.69) is 25.5 Å². The van der Waals surface area contributed by atoms with Gasteiger partial charge in [-0.25, -0.2) is 0 Å². The number of thiocarbonyl (C=S) groups is 1. The predicted molar refractivity (Wildman–Crippen MR) is 82.0 cm³/mol. The number of H-pyrrole nitrogens is 1. The zero-order valence-corrected chi connectivity index (χ0v) is 11.5. The summed E-state index contributed by atoms with van der Waals surface area (Å²) in [4.78, 5) is 20.7. The van der Waals surface area contributed by atoms with Crippen LogP contribution in [-0.4, -0.2) is 31.1 Å². The summed E-state index contributed by atoms with van der Waals surface area (Å²) in [6, 6.07) is 5.07. The smallest absolute Gasteiger partial charge is 0.256 e. The molecule has 3 rings (SSSR count). The molecule has 3 aromatic rings. The number of nitrogens with zero attached hydrogens (tertiary/aromatic N) is 3. The molecule has 21 heavy (non-hydrogen) atoms. The van der Waals surface area contributed by atoms with Crippen LogP contribution in [0.2, 0.25) is 0 Å². The molecule has 2 heterocycles. The zero-order valence-electron chi connectivity index (χ0n) is 10.7. The van der Waals surface area contributed by atoms with Gasteiger partial charge in [-0.1, -0.05) is 12.2 Å². The Bertz CT molecular complexity index is 843. The first-order chi connectivity index (χ1) is 10.1. The largest absolute Gasteiger partial charge is 0.389 e. The van der Waals surface area contributed by atoms with Gasteiger partial charge in [-0.05, 0) is 18.2 Å². The number of amides is 1. The lowest BCUT2D eigenvalue weighted by Gasteiger charge is -2.05. The number of fused-ring (bicyclic) bond motifs is 1. The van der Waals surface area contributed by atoms with Gasteiger partial charge < -0.3 is 11.1 Å². The second-order valence-corrected chi connectivity index (χ2v) is 4.68. The second kappa shape index (κ2) is 5.25. The molecule has 2 aromatic heterocycles. The Hall–Kier alpha value is -2.87.